The van der Waals surface area contributed by atoms with E-state index in [0.29, 0.717) is 17.7 Å². The number of rotatable bonds is 4. The van der Waals surface area contributed by atoms with Crippen molar-refractivity contribution in [2.45, 2.75) is 56.1 Å². The number of nitrogens with one attached hydrogen (secondary N) is 1. The lowest BCUT2D eigenvalue weighted by molar-refractivity contribution is -0.276. The van der Waals surface area contributed by atoms with Crippen LogP contribution in [-0.2, 0) is 16.6 Å². The number of oxime groups is 1. The summed E-state index contributed by atoms with van der Waals surface area (Å²) in [5.74, 6) is -3.45. The number of hydrogen-bond acceptors (Lipinski definition) is 3. The van der Waals surface area contributed by atoms with Crippen LogP contribution in [0.3, 0.4) is 0 Å². The van der Waals surface area contributed by atoms with Crippen LogP contribution in [0.25, 0.3) is 0 Å². The standard InChI is InChI=1S/C23H17ClF8N2O2/c1-11-4-12(2-3-17(11)19(35)33-16-8-20(25,26)9-16)18-10-21(36-34-18,23(30,31)32)13-5-14(22(27,28)29)7-15(24)6-13/h2-7,16H,8-10H2,1H3,(H,33,35)/t21-/m0/s1. The lowest BCUT2D eigenvalue weighted by atomic mass is 9.85. The van der Waals surface area contributed by atoms with Crippen LogP contribution >= 0.6 is 11.6 Å². The van der Waals surface area contributed by atoms with Crippen molar-refractivity contribution in [2.75, 3.05) is 0 Å². The summed E-state index contributed by atoms with van der Waals surface area (Å²) >= 11 is 5.69. The highest BCUT2D eigenvalue weighted by Gasteiger charge is 2.62. The first-order valence-electron chi connectivity index (χ1n) is 10.5. The number of amides is 1. The predicted octanol–water partition coefficient (Wildman–Crippen LogP) is 6.78. The largest absolute Gasteiger partial charge is 0.435 e. The monoisotopic (exact) mass is 540 g/mol. The van der Waals surface area contributed by atoms with Crippen LogP contribution in [0.4, 0.5) is 35.1 Å². The summed E-state index contributed by atoms with van der Waals surface area (Å²) < 4.78 is 108. The van der Waals surface area contributed by atoms with Gasteiger partial charge in [0, 0.05) is 41.5 Å². The van der Waals surface area contributed by atoms with Crippen molar-refractivity contribution in [2.24, 2.45) is 5.16 Å². The molecule has 36 heavy (non-hydrogen) atoms. The normalized spacial score (nSPS) is 22.0. The van der Waals surface area contributed by atoms with Gasteiger partial charge < -0.3 is 10.2 Å². The lowest BCUT2D eigenvalue weighted by Crippen LogP contribution is -2.50. The van der Waals surface area contributed by atoms with Crippen molar-refractivity contribution >= 4 is 23.2 Å². The maximum atomic E-state index is 14.2. The lowest BCUT2D eigenvalue weighted by Gasteiger charge is -2.35. The molecule has 1 atom stereocenters. The number of aryl methyl sites for hydroxylation is 1. The van der Waals surface area contributed by atoms with Crippen LogP contribution in [0, 0.1) is 6.92 Å². The van der Waals surface area contributed by atoms with E-state index >= 15 is 0 Å². The summed E-state index contributed by atoms with van der Waals surface area (Å²) in [7, 11) is 0. The molecule has 2 aromatic carbocycles. The van der Waals surface area contributed by atoms with Gasteiger partial charge in [-0.1, -0.05) is 22.8 Å². The zero-order chi connectivity index (χ0) is 26.7. The molecule has 1 aliphatic heterocycles. The second kappa shape index (κ2) is 8.60. The smallest absolute Gasteiger partial charge is 0.374 e. The van der Waals surface area contributed by atoms with E-state index in [1.54, 1.807) is 0 Å². The van der Waals surface area contributed by atoms with Gasteiger partial charge in [0.15, 0.2) is 0 Å². The quantitative estimate of drug-likeness (QED) is 0.435. The Hall–Kier alpha value is -2.89. The Morgan fingerprint density at radius 1 is 1.08 bits per heavy atom. The van der Waals surface area contributed by atoms with Gasteiger partial charge >= 0.3 is 12.4 Å². The molecule has 13 heteroatoms. The zero-order valence-corrected chi connectivity index (χ0v) is 19.1. The van der Waals surface area contributed by atoms with Crippen molar-refractivity contribution in [3.63, 3.8) is 0 Å². The molecular formula is C23H17ClF8N2O2. The molecule has 1 aliphatic carbocycles. The summed E-state index contributed by atoms with van der Waals surface area (Å²) in [6.07, 6.45) is -12.0. The van der Waals surface area contributed by atoms with Crippen molar-refractivity contribution in [1.29, 1.82) is 0 Å². The Balaban J connectivity index is 1.60. The average Bonchev–Trinajstić information content (AvgIpc) is 3.18. The van der Waals surface area contributed by atoms with Gasteiger partial charge in [-0.2, -0.15) is 26.3 Å². The average molecular weight is 541 g/mol. The zero-order valence-electron chi connectivity index (χ0n) is 18.3. The van der Waals surface area contributed by atoms with Gasteiger partial charge in [-0.25, -0.2) is 8.78 Å². The number of halogens is 9. The van der Waals surface area contributed by atoms with Crippen LogP contribution < -0.4 is 5.32 Å². The van der Waals surface area contributed by atoms with E-state index in [9.17, 15) is 39.9 Å². The van der Waals surface area contributed by atoms with Crippen molar-refractivity contribution in [3.05, 3.63) is 69.2 Å². The molecule has 2 aliphatic rings. The molecule has 1 amide bonds. The van der Waals surface area contributed by atoms with Gasteiger partial charge in [-0.05, 0) is 48.4 Å². The van der Waals surface area contributed by atoms with E-state index in [1.807, 2.05) is 0 Å². The Morgan fingerprint density at radius 2 is 1.75 bits per heavy atom. The molecule has 1 fully saturated rings. The molecule has 0 aromatic heterocycles. The maximum absolute atomic E-state index is 14.2. The maximum Gasteiger partial charge on any atom is 0.435 e. The highest BCUT2D eigenvalue weighted by atomic mass is 35.5. The van der Waals surface area contributed by atoms with E-state index in [4.69, 9.17) is 16.4 Å². The summed E-state index contributed by atoms with van der Waals surface area (Å²) in [5.41, 5.74) is -5.07. The van der Waals surface area contributed by atoms with Gasteiger partial charge in [0.2, 0.25) is 0 Å². The van der Waals surface area contributed by atoms with E-state index < -0.39 is 71.2 Å². The minimum Gasteiger partial charge on any atom is -0.374 e. The molecule has 0 unspecified atom stereocenters. The second-order valence-electron chi connectivity index (χ2n) is 8.82. The first-order chi connectivity index (χ1) is 16.5. The fourth-order valence-corrected chi connectivity index (χ4v) is 4.40. The first-order valence-corrected chi connectivity index (χ1v) is 10.9. The van der Waals surface area contributed by atoms with Gasteiger partial charge in [-0.3, -0.25) is 4.79 Å². The van der Waals surface area contributed by atoms with E-state index in [2.05, 4.69) is 10.5 Å². The third-order valence-corrected chi connectivity index (χ3v) is 6.33. The number of nitrogens with zero attached hydrogens (tertiary/aromatic N) is 1. The summed E-state index contributed by atoms with van der Waals surface area (Å²) in [6.45, 7) is 1.49. The van der Waals surface area contributed by atoms with Crippen LogP contribution in [-0.4, -0.2) is 29.8 Å². The Kier molecular flexibility index (Phi) is 6.26. The highest BCUT2D eigenvalue weighted by molar-refractivity contribution is 6.30. The molecule has 2 aromatic rings. The highest BCUT2D eigenvalue weighted by Crippen LogP contribution is 2.50. The molecule has 4 nitrogen and oxygen atoms in total. The molecule has 0 saturated heterocycles. The van der Waals surface area contributed by atoms with E-state index in [1.165, 1.54) is 25.1 Å². The third-order valence-electron chi connectivity index (χ3n) is 6.11. The summed E-state index contributed by atoms with van der Waals surface area (Å²) in [4.78, 5) is 17.2. The predicted molar refractivity (Wildman–Crippen MR) is 113 cm³/mol. The van der Waals surface area contributed by atoms with Crippen LogP contribution in [0.1, 0.15) is 51.9 Å². The van der Waals surface area contributed by atoms with Gasteiger partial charge in [0.25, 0.3) is 17.4 Å². The van der Waals surface area contributed by atoms with Gasteiger partial charge in [0.05, 0.1) is 11.3 Å². The summed E-state index contributed by atoms with van der Waals surface area (Å²) in [5, 5.41) is 5.42. The topological polar surface area (TPSA) is 50.7 Å². The van der Waals surface area contributed by atoms with Crippen LogP contribution in [0.2, 0.25) is 5.02 Å². The third kappa shape index (κ3) is 4.87. The molecule has 1 heterocycles. The minimum atomic E-state index is -5.16. The second-order valence-corrected chi connectivity index (χ2v) is 9.26. The fourth-order valence-electron chi connectivity index (χ4n) is 4.17. The van der Waals surface area contributed by atoms with Crippen molar-refractivity contribution in [1.82, 2.24) is 5.32 Å². The van der Waals surface area contributed by atoms with Gasteiger partial charge in [-0.15, -0.1) is 0 Å². The minimum absolute atomic E-state index is 0.125. The Bertz CT molecular complexity index is 1230. The number of hydrogen-bond donors (Lipinski definition) is 1. The fraction of sp³-hybridized carbons (Fsp3) is 0.391. The molecule has 0 spiro atoms. The molecule has 0 bridgehead atoms. The molecule has 1 saturated carbocycles. The SMILES string of the molecule is Cc1cc(C2=NO[C@@](c3cc(Cl)cc(C(F)(F)F)c3)(C(F)(F)F)C2)ccc1C(=O)NC1CC(F)(F)C1. The Labute approximate surface area is 204 Å². The molecule has 194 valence electrons. The number of carbonyl (C=O) groups excluding carboxylic acids is 1. The van der Waals surface area contributed by atoms with Crippen molar-refractivity contribution in [3.8, 4) is 0 Å². The first kappa shape index (κ1) is 26.2. The molecular weight excluding hydrogens is 524 g/mol. The summed E-state index contributed by atoms with van der Waals surface area (Å²) in [6, 6.07) is 4.83. The Morgan fingerprint density at radius 3 is 2.31 bits per heavy atom. The molecule has 1 N–H and O–H groups in total. The number of alkyl halides is 8. The molecule has 0 radical (unpaired) electrons. The van der Waals surface area contributed by atoms with Crippen molar-refractivity contribution < 1.29 is 44.8 Å². The van der Waals surface area contributed by atoms with E-state index in [-0.39, 0.29) is 16.8 Å². The number of benzene rings is 2. The number of carbonyl (C=O) groups is 1. The van der Waals surface area contributed by atoms with Crippen LogP contribution in [0.15, 0.2) is 41.6 Å². The van der Waals surface area contributed by atoms with E-state index in [0.717, 1.165) is 6.07 Å². The molecule has 4 rings (SSSR count). The van der Waals surface area contributed by atoms with Gasteiger partial charge in [0.1, 0.15) is 0 Å². The van der Waals surface area contributed by atoms with Crippen LogP contribution in [0.5, 0.6) is 0 Å².